The third-order valence-corrected chi connectivity index (χ3v) is 3.89. The minimum atomic E-state index is 0.307. The summed E-state index contributed by atoms with van der Waals surface area (Å²) in [6.45, 7) is 4.83. The maximum Gasteiger partial charge on any atom is 0.0808 e. The summed E-state index contributed by atoms with van der Waals surface area (Å²) in [5.74, 6) is 0. The number of nitrogens with one attached hydrogen (secondary N) is 1. The Kier molecular flexibility index (Phi) is 5.75. The van der Waals surface area contributed by atoms with Gasteiger partial charge in [-0.2, -0.15) is 0 Å². The molecule has 3 heteroatoms. The van der Waals surface area contributed by atoms with Gasteiger partial charge in [0.2, 0.25) is 0 Å². The number of hydrogen-bond donors (Lipinski definition) is 1. The summed E-state index contributed by atoms with van der Waals surface area (Å²) < 4.78 is 11.5. The van der Waals surface area contributed by atoms with Crippen molar-refractivity contribution in [2.24, 2.45) is 0 Å². The van der Waals surface area contributed by atoms with Crippen molar-refractivity contribution in [1.29, 1.82) is 0 Å². The highest BCUT2D eigenvalue weighted by Crippen LogP contribution is 2.17. The molecule has 0 amide bonds. The zero-order valence-corrected chi connectivity index (χ0v) is 11.1. The second-order valence-corrected chi connectivity index (χ2v) is 5.52. The molecule has 1 heterocycles. The quantitative estimate of drug-likeness (QED) is 0.775. The molecule has 0 aromatic carbocycles. The van der Waals surface area contributed by atoms with Crippen LogP contribution >= 0.6 is 0 Å². The molecule has 3 nitrogen and oxygen atoms in total. The lowest BCUT2D eigenvalue weighted by Crippen LogP contribution is -2.35. The van der Waals surface area contributed by atoms with Crippen molar-refractivity contribution in [1.82, 2.24) is 5.32 Å². The van der Waals surface area contributed by atoms with Gasteiger partial charge < -0.3 is 14.8 Å². The van der Waals surface area contributed by atoms with E-state index in [1.165, 1.54) is 44.9 Å². The number of ether oxygens (including phenoxy) is 2. The monoisotopic (exact) mass is 241 g/mol. The highest BCUT2D eigenvalue weighted by atomic mass is 16.5. The van der Waals surface area contributed by atoms with E-state index in [1.807, 2.05) is 0 Å². The molecule has 1 N–H and O–H groups in total. The van der Waals surface area contributed by atoms with Gasteiger partial charge in [0.05, 0.1) is 18.8 Å². The molecule has 2 aliphatic rings. The molecule has 2 unspecified atom stereocenters. The van der Waals surface area contributed by atoms with Crippen LogP contribution in [0.1, 0.15) is 51.9 Å². The van der Waals surface area contributed by atoms with Crippen molar-refractivity contribution in [3.05, 3.63) is 0 Å². The summed E-state index contributed by atoms with van der Waals surface area (Å²) in [5.41, 5.74) is 0. The predicted molar refractivity (Wildman–Crippen MR) is 69.3 cm³/mol. The van der Waals surface area contributed by atoms with Crippen LogP contribution in [0.15, 0.2) is 0 Å². The fourth-order valence-corrected chi connectivity index (χ4v) is 2.73. The molecule has 2 fully saturated rings. The molecule has 1 saturated heterocycles. The van der Waals surface area contributed by atoms with Gasteiger partial charge in [-0.1, -0.05) is 12.8 Å². The maximum absolute atomic E-state index is 5.85. The molecule has 1 aliphatic carbocycles. The molecule has 0 aromatic rings. The predicted octanol–water partition coefficient (Wildman–Crippen LogP) is 2.49. The van der Waals surface area contributed by atoms with Crippen LogP contribution in [0.5, 0.6) is 0 Å². The standard InChI is InChI=1S/C14H27NO2/c1-12(10-15-13-6-2-3-7-13)17-11-14-8-4-5-9-16-14/h12-15H,2-11H2,1H3. The van der Waals surface area contributed by atoms with E-state index < -0.39 is 0 Å². The van der Waals surface area contributed by atoms with Gasteiger partial charge in [-0.3, -0.25) is 0 Å². The van der Waals surface area contributed by atoms with Crippen LogP contribution in [0.4, 0.5) is 0 Å². The van der Waals surface area contributed by atoms with E-state index in [9.17, 15) is 0 Å². The Morgan fingerprint density at radius 1 is 1.18 bits per heavy atom. The highest BCUT2D eigenvalue weighted by molar-refractivity contribution is 4.74. The third kappa shape index (κ3) is 4.94. The van der Waals surface area contributed by atoms with Crippen molar-refractivity contribution >= 4 is 0 Å². The van der Waals surface area contributed by atoms with Gasteiger partial charge in [-0.25, -0.2) is 0 Å². The Hall–Kier alpha value is -0.120. The summed E-state index contributed by atoms with van der Waals surface area (Å²) in [4.78, 5) is 0. The zero-order valence-electron chi connectivity index (χ0n) is 11.1. The Labute approximate surface area is 105 Å². The second kappa shape index (κ2) is 7.34. The summed E-state index contributed by atoms with van der Waals surface area (Å²) in [7, 11) is 0. The molecule has 0 bridgehead atoms. The fraction of sp³-hybridized carbons (Fsp3) is 1.00. The van der Waals surface area contributed by atoms with E-state index in [0.29, 0.717) is 12.2 Å². The van der Waals surface area contributed by atoms with Crippen LogP contribution in [0.2, 0.25) is 0 Å². The van der Waals surface area contributed by atoms with Crippen molar-refractivity contribution in [2.75, 3.05) is 19.8 Å². The van der Waals surface area contributed by atoms with Gasteiger partial charge >= 0.3 is 0 Å². The summed E-state index contributed by atoms with van der Waals surface area (Å²) in [6.07, 6.45) is 9.81. The van der Waals surface area contributed by atoms with Crippen molar-refractivity contribution in [2.45, 2.75) is 70.1 Å². The van der Waals surface area contributed by atoms with Crippen LogP contribution < -0.4 is 5.32 Å². The lowest BCUT2D eigenvalue weighted by Gasteiger charge is -2.24. The molecule has 0 aromatic heterocycles. The molecular weight excluding hydrogens is 214 g/mol. The van der Waals surface area contributed by atoms with E-state index in [2.05, 4.69) is 12.2 Å². The second-order valence-electron chi connectivity index (χ2n) is 5.52. The maximum atomic E-state index is 5.85. The van der Waals surface area contributed by atoms with Gasteiger partial charge in [-0.15, -0.1) is 0 Å². The van der Waals surface area contributed by atoms with E-state index in [1.54, 1.807) is 0 Å². The Morgan fingerprint density at radius 2 is 1.94 bits per heavy atom. The minimum absolute atomic E-state index is 0.307. The first-order chi connectivity index (χ1) is 8.34. The largest absolute Gasteiger partial charge is 0.376 e. The van der Waals surface area contributed by atoms with E-state index in [4.69, 9.17) is 9.47 Å². The average Bonchev–Trinajstić information content (AvgIpc) is 2.88. The van der Waals surface area contributed by atoms with Crippen LogP contribution in [-0.4, -0.2) is 38.0 Å². The van der Waals surface area contributed by atoms with Gasteiger partial charge in [0.25, 0.3) is 0 Å². The molecule has 2 atom stereocenters. The molecule has 100 valence electrons. The number of hydrogen-bond acceptors (Lipinski definition) is 3. The van der Waals surface area contributed by atoms with Crippen LogP contribution in [0.25, 0.3) is 0 Å². The van der Waals surface area contributed by atoms with Crippen molar-refractivity contribution in [3.8, 4) is 0 Å². The Bertz CT molecular complexity index is 198. The first-order valence-corrected chi connectivity index (χ1v) is 7.31. The fourth-order valence-electron chi connectivity index (χ4n) is 2.73. The van der Waals surface area contributed by atoms with Crippen molar-refractivity contribution < 1.29 is 9.47 Å². The summed E-state index contributed by atoms with van der Waals surface area (Å²) in [5, 5.41) is 3.60. The Balaban J connectivity index is 1.52. The van der Waals surface area contributed by atoms with E-state index in [-0.39, 0.29) is 0 Å². The zero-order chi connectivity index (χ0) is 11.9. The molecule has 0 radical (unpaired) electrons. The SMILES string of the molecule is CC(CNC1CCCC1)OCC1CCCCO1. The lowest BCUT2D eigenvalue weighted by atomic mass is 10.1. The average molecular weight is 241 g/mol. The third-order valence-electron chi connectivity index (χ3n) is 3.89. The highest BCUT2D eigenvalue weighted by Gasteiger charge is 2.17. The van der Waals surface area contributed by atoms with Gasteiger partial charge in [-0.05, 0) is 39.0 Å². The Morgan fingerprint density at radius 3 is 2.65 bits per heavy atom. The van der Waals surface area contributed by atoms with Gasteiger partial charge in [0, 0.05) is 19.2 Å². The smallest absolute Gasteiger partial charge is 0.0808 e. The molecule has 1 saturated carbocycles. The van der Waals surface area contributed by atoms with Gasteiger partial charge in [0.15, 0.2) is 0 Å². The molecule has 2 rings (SSSR count). The minimum Gasteiger partial charge on any atom is -0.376 e. The van der Waals surface area contributed by atoms with E-state index >= 15 is 0 Å². The molecular formula is C14H27NO2. The summed E-state index contributed by atoms with van der Waals surface area (Å²) >= 11 is 0. The molecule has 17 heavy (non-hydrogen) atoms. The van der Waals surface area contributed by atoms with E-state index in [0.717, 1.165) is 25.8 Å². The normalized spacial score (nSPS) is 28.4. The van der Waals surface area contributed by atoms with Gasteiger partial charge in [0.1, 0.15) is 0 Å². The lowest BCUT2D eigenvalue weighted by molar-refractivity contribution is -0.0587. The topological polar surface area (TPSA) is 30.5 Å². The first kappa shape index (κ1) is 13.3. The molecule has 0 spiro atoms. The van der Waals surface area contributed by atoms with Crippen LogP contribution in [-0.2, 0) is 9.47 Å². The van der Waals surface area contributed by atoms with Crippen LogP contribution in [0.3, 0.4) is 0 Å². The summed E-state index contributed by atoms with van der Waals surface area (Å²) in [6, 6.07) is 0.743. The molecule has 1 aliphatic heterocycles. The first-order valence-electron chi connectivity index (χ1n) is 7.31. The number of rotatable bonds is 6. The van der Waals surface area contributed by atoms with Crippen LogP contribution in [0, 0.1) is 0 Å². The van der Waals surface area contributed by atoms with Crippen molar-refractivity contribution in [3.63, 3.8) is 0 Å².